The Bertz CT molecular complexity index is 490. The Morgan fingerprint density at radius 3 is 2.53 bits per heavy atom. The van der Waals surface area contributed by atoms with Crippen molar-refractivity contribution in [3.8, 4) is 11.4 Å². The number of rotatable bonds is 2. The van der Waals surface area contributed by atoms with Crippen molar-refractivity contribution in [2.24, 2.45) is 5.41 Å². The van der Waals surface area contributed by atoms with Crippen molar-refractivity contribution in [1.82, 2.24) is 9.97 Å². The second-order valence-electron chi connectivity index (χ2n) is 5.82. The smallest absolute Gasteiger partial charge is 0.137 e. The van der Waals surface area contributed by atoms with E-state index in [2.05, 4.69) is 55.9 Å². The average Bonchev–Trinajstić information content (AvgIpc) is 2.68. The fraction of sp³-hybridized carbons (Fsp3) is 0.400. The van der Waals surface area contributed by atoms with E-state index in [0.29, 0.717) is 5.41 Å². The van der Waals surface area contributed by atoms with Crippen molar-refractivity contribution in [3.05, 3.63) is 41.7 Å². The molecule has 0 bridgehead atoms. The summed E-state index contributed by atoms with van der Waals surface area (Å²) in [7, 11) is 0. The van der Waals surface area contributed by atoms with Crippen molar-refractivity contribution >= 4 is 0 Å². The largest absolute Gasteiger partial charge is 0.345 e. The zero-order valence-corrected chi connectivity index (χ0v) is 11.0. The number of imidazole rings is 1. The maximum atomic E-state index is 4.30. The highest BCUT2D eigenvalue weighted by Gasteiger charge is 2.12. The number of H-pyrrole nitrogens is 1. The van der Waals surface area contributed by atoms with Gasteiger partial charge in [0.2, 0.25) is 0 Å². The van der Waals surface area contributed by atoms with E-state index < -0.39 is 0 Å². The molecule has 1 N–H and O–H groups in total. The summed E-state index contributed by atoms with van der Waals surface area (Å²) >= 11 is 0. The molecule has 0 saturated heterocycles. The summed E-state index contributed by atoms with van der Waals surface area (Å²) in [5, 5.41) is 0. The molecule has 0 saturated carbocycles. The van der Waals surface area contributed by atoms with Crippen molar-refractivity contribution in [3.63, 3.8) is 0 Å². The molecule has 2 nitrogen and oxygen atoms in total. The summed E-state index contributed by atoms with van der Waals surface area (Å²) in [6.07, 6.45) is 4.75. The first kappa shape index (κ1) is 11.9. The molecule has 0 spiro atoms. The van der Waals surface area contributed by atoms with Crippen LogP contribution in [-0.4, -0.2) is 9.97 Å². The number of nitrogens with one attached hydrogen (secondary N) is 1. The van der Waals surface area contributed by atoms with Crippen LogP contribution in [0.15, 0.2) is 30.6 Å². The highest BCUT2D eigenvalue weighted by Crippen LogP contribution is 2.25. The summed E-state index contributed by atoms with van der Waals surface area (Å²) in [6, 6.07) is 6.63. The molecule has 1 aromatic heterocycles. The maximum absolute atomic E-state index is 4.30. The Morgan fingerprint density at radius 1 is 1.24 bits per heavy atom. The first-order valence-corrected chi connectivity index (χ1v) is 6.05. The molecule has 0 amide bonds. The van der Waals surface area contributed by atoms with Crippen LogP contribution in [0.25, 0.3) is 11.4 Å². The molecule has 0 radical (unpaired) electrons. The van der Waals surface area contributed by atoms with Gasteiger partial charge in [-0.05, 0) is 29.9 Å². The van der Waals surface area contributed by atoms with Crippen LogP contribution >= 0.6 is 0 Å². The van der Waals surface area contributed by atoms with E-state index in [4.69, 9.17) is 0 Å². The number of aryl methyl sites for hydroxylation is 1. The third-order valence-corrected chi connectivity index (χ3v) is 2.78. The highest BCUT2D eigenvalue weighted by atomic mass is 14.9. The van der Waals surface area contributed by atoms with Gasteiger partial charge >= 0.3 is 0 Å². The Kier molecular flexibility index (Phi) is 3.05. The molecule has 17 heavy (non-hydrogen) atoms. The predicted molar refractivity (Wildman–Crippen MR) is 71.9 cm³/mol. The quantitative estimate of drug-likeness (QED) is 0.827. The zero-order valence-electron chi connectivity index (χ0n) is 11.0. The van der Waals surface area contributed by atoms with Gasteiger partial charge in [-0.25, -0.2) is 4.98 Å². The fourth-order valence-corrected chi connectivity index (χ4v) is 2.13. The van der Waals surface area contributed by atoms with Crippen LogP contribution in [0.4, 0.5) is 0 Å². The van der Waals surface area contributed by atoms with Gasteiger partial charge in [0.05, 0.1) is 0 Å². The molecule has 0 unspecified atom stereocenters. The topological polar surface area (TPSA) is 28.7 Å². The molecule has 2 heteroatoms. The van der Waals surface area contributed by atoms with Gasteiger partial charge in [0.15, 0.2) is 0 Å². The Labute approximate surface area is 103 Å². The first-order chi connectivity index (χ1) is 7.96. The highest BCUT2D eigenvalue weighted by molar-refractivity contribution is 5.60. The second kappa shape index (κ2) is 4.36. The van der Waals surface area contributed by atoms with E-state index in [0.717, 1.165) is 12.2 Å². The number of nitrogens with zero attached hydrogens (tertiary/aromatic N) is 1. The Hall–Kier alpha value is -1.57. The minimum atomic E-state index is 0.332. The summed E-state index contributed by atoms with van der Waals surface area (Å²) in [5.74, 6) is 0.949. The van der Waals surface area contributed by atoms with Crippen LogP contribution in [0.5, 0.6) is 0 Å². The van der Waals surface area contributed by atoms with E-state index in [-0.39, 0.29) is 0 Å². The molecular formula is C15H20N2. The molecule has 0 atom stereocenters. The number of benzene rings is 1. The predicted octanol–water partition coefficient (Wildman–Crippen LogP) is 3.97. The molecule has 2 rings (SSSR count). The van der Waals surface area contributed by atoms with Crippen LogP contribution < -0.4 is 0 Å². The van der Waals surface area contributed by atoms with Crippen LogP contribution in [-0.2, 0) is 6.42 Å². The Morgan fingerprint density at radius 2 is 2.00 bits per heavy atom. The zero-order chi connectivity index (χ0) is 12.5. The van der Waals surface area contributed by atoms with Gasteiger partial charge in [0.1, 0.15) is 5.82 Å². The molecule has 2 aromatic rings. The lowest BCUT2D eigenvalue weighted by molar-refractivity contribution is 0.411. The van der Waals surface area contributed by atoms with Gasteiger partial charge in [-0.1, -0.05) is 39.0 Å². The molecule has 1 heterocycles. The molecule has 90 valence electrons. The fourth-order valence-electron chi connectivity index (χ4n) is 2.13. The van der Waals surface area contributed by atoms with Crippen molar-refractivity contribution < 1.29 is 0 Å². The van der Waals surface area contributed by atoms with Crippen molar-refractivity contribution in [2.45, 2.75) is 34.1 Å². The first-order valence-electron chi connectivity index (χ1n) is 6.05. The minimum absolute atomic E-state index is 0.332. The van der Waals surface area contributed by atoms with Crippen LogP contribution in [0.1, 0.15) is 31.9 Å². The monoisotopic (exact) mass is 228 g/mol. The average molecular weight is 228 g/mol. The lowest BCUT2D eigenvalue weighted by Crippen LogP contribution is -2.09. The van der Waals surface area contributed by atoms with E-state index in [1.54, 1.807) is 6.20 Å². The van der Waals surface area contributed by atoms with Gasteiger partial charge in [-0.2, -0.15) is 0 Å². The summed E-state index contributed by atoms with van der Waals surface area (Å²) in [4.78, 5) is 7.45. The third-order valence-electron chi connectivity index (χ3n) is 2.78. The summed E-state index contributed by atoms with van der Waals surface area (Å²) in [5.41, 5.74) is 4.19. The number of aromatic nitrogens is 2. The number of hydrogen-bond donors (Lipinski definition) is 1. The van der Waals surface area contributed by atoms with E-state index in [1.165, 1.54) is 16.7 Å². The third kappa shape index (κ3) is 2.96. The van der Waals surface area contributed by atoms with Crippen LogP contribution in [0.2, 0.25) is 0 Å². The van der Waals surface area contributed by atoms with Gasteiger partial charge < -0.3 is 4.98 Å². The molecular weight excluding hydrogens is 208 g/mol. The van der Waals surface area contributed by atoms with E-state index in [1.807, 2.05) is 6.20 Å². The van der Waals surface area contributed by atoms with Gasteiger partial charge in [-0.15, -0.1) is 0 Å². The second-order valence-corrected chi connectivity index (χ2v) is 5.82. The van der Waals surface area contributed by atoms with Gasteiger partial charge in [-0.3, -0.25) is 0 Å². The number of hydrogen-bond acceptors (Lipinski definition) is 1. The summed E-state index contributed by atoms with van der Waals surface area (Å²) in [6.45, 7) is 8.94. The molecule has 0 aliphatic heterocycles. The van der Waals surface area contributed by atoms with E-state index in [9.17, 15) is 0 Å². The molecule has 0 aliphatic carbocycles. The van der Waals surface area contributed by atoms with E-state index >= 15 is 0 Å². The normalized spacial score (nSPS) is 11.8. The lowest BCUT2D eigenvalue weighted by Gasteiger charge is -2.18. The molecule has 0 aliphatic rings. The van der Waals surface area contributed by atoms with Crippen molar-refractivity contribution in [1.29, 1.82) is 0 Å². The lowest BCUT2D eigenvalue weighted by atomic mass is 9.87. The molecule has 1 aromatic carbocycles. The number of aromatic amines is 1. The van der Waals surface area contributed by atoms with Crippen LogP contribution in [0.3, 0.4) is 0 Å². The maximum Gasteiger partial charge on any atom is 0.137 e. The minimum Gasteiger partial charge on any atom is -0.345 e. The van der Waals surface area contributed by atoms with Crippen molar-refractivity contribution in [2.75, 3.05) is 0 Å². The van der Waals surface area contributed by atoms with Gasteiger partial charge in [0.25, 0.3) is 0 Å². The SMILES string of the molecule is Cc1cc(CC(C)(C)C)ccc1-c1ncc[nH]1. The molecule has 0 fully saturated rings. The van der Waals surface area contributed by atoms with Gasteiger partial charge in [0, 0.05) is 18.0 Å². The van der Waals surface area contributed by atoms with Crippen LogP contribution in [0, 0.1) is 12.3 Å². The standard InChI is InChI=1S/C15H20N2/c1-11-9-12(10-15(2,3)4)5-6-13(11)14-16-7-8-17-14/h5-9H,10H2,1-4H3,(H,16,17). The Balaban J connectivity index is 2.30. The summed E-state index contributed by atoms with van der Waals surface area (Å²) < 4.78 is 0.